The van der Waals surface area contributed by atoms with E-state index in [1.54, 1.807) is 6.07 Å². The van der Waals surface area contributed by atoms with E-state index in [0.717, 1.165) is 5.56 Å². The first-order valence-electron chi connectivity index (χ1n) is 5.20. The summed E-state index contributed by atoms with van der Waals surface area (Å²) < 4.78 is 18.0. The van der Waals surface area contributed by atoms with Crippen molar-refractivity contribution >= 4 is 5.97 Å². The van der Waals surface area contributed by atoms with Gasteiger partial charge in [-0.25, -0.2) is 9.18 Å². The zero-order chi connectivity index (χ0) is 12.7. The third-order valence-electron chi connectivity index (χ3n) is 2.21. The first-order valence-corrected chi connectivity index (χ1v) is 5.20. The summed E-state index contributed by atoms with van der Waals surface area (Å²) in [6, 6.07) is 4.41. The minimum absolute atomic E-state index is 0.0557. The van der Waals surface area contributed by atoms with E-state index < -0.39 is 11.8 Å². The van der Waals surface area contributed by atoms with E-state index in [1.807, 2.05) is 0 Å². The van der Waals surface area contributed by atoms with Crippen molar-refractivity contribution in [3.8, 4) is 12.3 Å². The highest BCUT2D eigenvalue weighted by Gasteiger charge is 2.11. The number of nitrogens with one attached hydrogen (secondary N) is 1. The molecule has 0 bridgehead atoms. The van der Waals surface area contributed by atoms with Gasteiger partial charge in [0.15, 0.2) is 0 Å². The van der Waals surface area contributed by atoms with Gasteiger partial charge in [-0.05, 0) is 17.7 Å². The van der Waals surface area contributed by atoms with Crippen molar-refractivity contribution in [1.82, 2.24) is 5.32 Å². The molecule has 17 heavy (non-hydrogen) atoms. The zero-order valence-corrected chi connectivity index (χ0v) is 9.63. The molecule has 1 rings (SSSR count). The van der Waals surface area contributed by atoms with Gasteiger partial charge in [-0.2, -0.15) is 0 Å². The maximum absolute atomic E-state index is 13.5. The van der Waals surface area contributed by atoms with E-state index in [2.05, 4.69) is 16.0 Å². The molecule has 0 heterocycles. The summed E-state index contributed by atoms with van der Waals surface area (Å²) >= 11 is 0. The van der Waals surface area contributed by atoms with Crippen LogP contribution in [0.4, 0.5) is 4.39 Å². The largest absolute Gasteiger partial charge is 0.465 e. The normalized spacial score (nSPS) is 9.71. The summed E-state index contributed by atoms with van der Waals surface area (Å²) in [6.07, 6.45) is 5.73. The lowest BCUT2D eigenvalue weighted by Crippen LogP contribution is -2.14. The Bertz CT molecular complexity index is 438. The number of ether oxygens (including phenoxy) is 1. The molecule has 0 aliphatic heterocycles. The van der Waals surface area contributed by atoms with E-state index in [-0.39, 0.29) is 5.56 Å². The number of carbonyl (C=O) groups is 1. The molecule has 90 valence electrons. The number of benzene rings is 1. The molecule has 0 radical (unpaired) electrons. The predicted molar refractivity (Wildman–Crippen MR) is 62.9 cm³/mol. The molecular formula is C13H14FNO2. The quantitative estimate of drug-likeness (QED) is 0.480. The number of hydrogen-bond donors (Lipinski definition) is 1. The van der Waals surface area contributed by atoms with E-state index in [1.165, 1.54) is 19.2 Å². The standard InChI is InChI=1S/C13H14FNO2/c1-3-4-7-15-9-10-5-6-11(12(14)8-10)13(16)17-2/h1,5-6,8,15H,4,7,9H2,2H3. The Balaban J connectivity index is 2.63. The molecule has 0 aliphatic rings. The van der Waals surface area contributed by atoms with Gasteiger partial charge in [-0.3, -0.25) is 0 Å². The van der Waals surface area contributed by atoms with Crippen LogP contribution in [-0.4, -0.2) is 19.6 Å². The Kier molecular flexibility index (Phi) is 5.18. The molecule has 3 nitrogen and oxygen atoms in total. The van der Waals surface area contributed by atoms with Gasteiger partial charge in [0.05, 0.1) is 12.7 Å². The summed E-state index contributed by atoms with van der Waals surface area (Å²) in [5.74, 6) is 1.25. The highest BCUT2D eigenvalue weighted by molar-refractivity contribution is 5.89. The Morgan fingerprint density at radius 1 is 1.59 bits per heavy atom. The van der Waals surface area contributed by atoms with Crippen LogP contribution in [0.2, 0.25) is 0 Å². The number of methoxy groups -OCH3 is 1. The molecule has 0 amide bonds. The second-order valence-corrected chi connectivity index (χ2v) is 3.44. The van der Waals surface area contributed by atoms with Crippen molar-refractivity contribution in [3.63, 3.8) is 0 Å². The topological polar surface area (TPSA) is 38.3 Å². The number of hydrogen-bond acceptors (Lipinski definition) is 3. The average Bonchev–Trinajstić information content (AvgIpc) is 2.34. The summed E-state index contributed by atoms with van der Waals surface area (Å²) in [4.78, 5) is 11.1. The van der Waals surface area contributed by atoms with Crippen LogP contribution < -0.4 is 5.32 Å². The van der Waals surface area contributed by atoms with Crippen molar-refractivity contribution < 1.29 is 13.9 Å². The highest BCUT2D eigenvalue weighted by Crippen LogP contribution is 2.11. The van der Waals surface area contributed by atoms with Crippen LogP contribution in [-0.2, 0) is 11.3 Å². The number of esters is 1. The molecule has 4 heteroatoms. The molecule has 0 aliphatic carbocycles. The van der Waals surface area contributed by atoms with E-state index >= 15 is 0 Å². The Hall–Kier alpha value is -1.86. The van der Waals surface area contributed by atoms with Crippen LogP contribution in [0.3, 0.4) is 0 Å². The SMILES string of the molecule is C#CCCNCc1ccc(C(=O)OC)c(F)c1. The van der Waals surface area contributed by atoms with E-state index in [4.69, 9.17) is 6.42 Å². The van der Waals surface area contributed by atoms with E-state index in [0.29, 0.717) is 19.5 Å². The van der Waals surface area contributed by atoms with Crippen LogP contribution in [0.15, 0.2) is 18.2 Å². The fraction of sp³-hybridized carbons (Fsp3) is 0.308. The monoisotopic (exact) mass is 235 g/mol. The Morgan fingerprint density at radius 2 is 2.35 bits per heavy atom. The molecule has 1 aromatic rings. The number of rotatable bonds is 5. The Morgan fingerprint density at radius 3 is 2.94 bits per heavy atom. The van der Waals surface area contributed by atoms with Crippen LogP contribution >= 0.6 is 0 Å². The Labute approximate surface area is 100.0 Å². The van der Waals surface area contributed by atoms with Gasteiger partial charge in [0.25, 0.3) is 0 Å². The lowest BCUT2D eigenvalue weighted by molar-refractivity contribution is 0.0595. The number of halogens is 1. The summed E-state index contributed by atoms with van der Waals surface area (Å²) in [5, 5.41) is 3.07. The molecule has 1 N–H and O–H groups in total. The number of terminal acetylenes is 1. The second-order valence-electron chi connectivity index (χ2n) is 3.44. The molecule has 0 saturated heterocycles. The van der Waals surface area contributed by atoms with Gasteiger partial charge in [0.1, 0.15) is 5.82 Å². The summed E-state index contributed by atoms with van der Waals surface area (Å²) in [7, 11) is 1.22. The van der Waals surface area contributed by atoms with Crippen molar-refractivity contribution in [1.29, 1.82) is 0 Å². The fourth-order valence-corrected chi connectivity index (χ4v) is 1.34. The molecule has 0 saturated carbocycles. The first kappa shape index (κ1) is 13.2. The molecule has 0 unspecified atom stereocenters. The minimum atomic E-state index is -0.672. The van der Waals surface area contributed by atoms with Crippen molar-refractivity contribution in [2.45, 2.75) is 13.0 Å². The molecule has 0 aromatic heterocycles. The lowest BCUT2D eigenvalue weighted by atomic mass is 10.1. The third kappa shape index (κ3) is 3.89. The van der Waals surface area contributed by atoms with Gasteiger partial charge in [-0.15, -0.1) is 12.3 Å². The highest BCUT2D eigenvalue weighted by atomic mass is 19.1. The van der Waals surface area contributed by atoms with Crippen molar-refractivity contribution in [2.75, 3.05) is 13.7 Å². The first-order chi connectivity index (χ1) is 8.19. The summed E-state index contributed by atoms with van der Waals surface area (Å²) in [5.41, 5.74) is 0.701. The third-order valence-corrected chi connectivity index (χ3v) is 2.21. The fourth-order valence-electron chi connectivity index (χ4n) is 1.34. The van der Waals surface area contributed by atoms with Crippen LogP contribution in [0, 0.1) is 18.2 Å². The van der Waals surface area contributed by atoms with Crippen molar-refractivity contribution in [3.05, 3.63) is 35.1 Å². The minimum Gasteiger partial charge on any atom is -0.465 e. The van der Waals surface area contributed by atoms with Gasteiger partial charge in [-0.1, -0.05) is 6.07 Å². The van der Waals surface area contributed by atoms with Crippen LogP contribution in [0.1, 0.15) is 22.3 Å². The predicted octanol–water partition coefficient (Wildman–Crippen LogP) is 1.73. The maximum Gasteiger partial charge on any atom is 0.340 e. The molecule has 1 aromatic carbocycles. The summed E-state index contributed by atoms with van der Waals surface area (Å²) in [6.45, 7) is 1.19. The van der Waals surface area contributed by atoms with Crippen LogP contribution in [0.25, 0.3) is 0 Å². The smallest absolute Gasteiger partial charge is 0.340 e. The van der Waals surface area contributed by atoms with Crippen LogP contribution in [0.5, 0.6) is 0 Å². The molecule has 0 atom stereocenters. The van der Waals surface area contributed by atoms with Gasteiger partial charge in [0.2, 0.25) is 0 Å². The number of carbonyl (C=O) groups excluding carboxylic acids is 1. The molecular weight excluding hydrogens is 221 g/mol. The molecule has 0 fully saturated rings. The second kappa shape index (κ2) is 6.66. The zero-order valence-electron chi connectivity index (χ0n) is 9.63. The van der Waals surface area contributed by atoms with Crippen molar-refractivity contribution in [2.24, 2.45) is 0 Å². The maximum atomic E-state index is 13.5. The van der Waals surface area contributed by atoms with Gasteiger partial charge < -0.3 is 10.1 Å². The lowest BCUT2D eigenvalue weighted by Gasteiger charge is -2.05. The van der Waals surface area contributed by atoms with E-state index in [9.17, 15) is 9.18 Å². The average molecular weight is 235 g/mol. The van der Waals surface area contributed by atoms with Gasteiger partial charge in [0, 0.05) is 19.5 Å². The van der Waals surface area contributed by atoms with Gasteiger partial charge >= 0.3 is 5.97 Å². The molecule has 0 spiro atoms.